The van der Waals surface area contributed by atoms with Crippen LogP contribution in [0, 0.1) is 0 Å². The number of benzene rings is 2. The van der Waals surface area contributed by atoms with Gasteiger partial charge in [0.25, 0.3) is 5.56 Å². The molecule has 0 fully saturated rings. The van der Waals surface area contributed by atoms with Crippen molar-refractivity contribution < 1.29 is 4.74 Å². The van der Waals surface area contributed by atoms with Crippen LogP contribution < -0.4 is 10.3 Å². The number of ether oxygens (including phenoxy) is 1. The first-order valence-corrected chi connectivity index (χ1v) is 8.02. The summed E-state index contributed by atoms with van der Waals surface area (Å²) in [6, 6.07) is 17.9. The van der Waals surface area contributed by atoms with Crippen LogP contribution in [0.4, 0.5) is 0 Å². The second-order valence-electron chi connectivity index (χ2n) is 4.85. The summed E-state index contributed by atoms with van der Waals surface area (Å²) < 4.78 is 7.01. The van der Waals surface area contributed by atoms with Gasteiger partial charge in [0.1, 0.15) is 11.4 Å². The van der Waals surface area contributed by atoms with E-state index in [9.17, 15) is 4.79 Å². The van der Waals surface area contributed by atoms with Gasteiger partial charge in [-0.3, -0.25) is 4.79 Å². The largest absolute Gasteiger partial charge is 0.479 e. The topological polar surface area (TPSA) is 55.0 Å². The van der Waals surface area contributed by atoms with Crippen molar-refractivity contribution in [2.45, 2.75) is 6.10 Å². The molecule has 1 unspecified atom stereocenters. The van der Waals surface area contributed by atoms with Gasteiger partial charge in [0.2, 0.25) is 0 Å². The monoisotopic (exact) mass is 390 g/mol. The molecule has 0 aliphatic carbocycles. The van der Waals surface area contributed by atoms with E-state index in [1.54, 1.807) is 18.2 Å². The first-order chi connectivity index (χ1) is 11.1. The van der Waals surface area contributed by atoms with Gasteiger partial charge in [-0.1, -0.05) is 45.7 Å². The molecule has 0 bridgehead atoms. The molecule has 0 amide bonds. The molecule has 0 radical (unpaired) electrons. The van der Waals surface area contributed by atoms with Crippen molar-refractivity contribution in [2.24, 2.45) is 0 Å². The van der Waals surface area contributed by atoms with Gasteiger partial charge in [-0.2, -0.15) is 5.10 Å². The molecule has 0 saturated carbocycles. The van der Waals surface area contributed by atoms with Gasteiger partial charge in [0, 0.05) is 15.6 Å². The Balaban J connectivity index is 2.00. The molecule has 1 heterocycles. The first-order valence-electron chi connectivity index (χ1n) is 6.85. The Morgan fingerprint density at radius 3 is 2.52 bits per heavy atom. The Morgan fingerprint density at radius 2 is 1.87 bits per heavy atom. The van der Waals surface area contributed by atoms with Crippen molar-refractivity contribution >= 4 is 27.5 Å². The van der Waals surface area contributed by atoms with Gasteiger partial charge in [0.15, 0.2) is 6.10 Å². The summed E-state index contributed by atoms with van der Waals surface area (Å²) in [6.07, 6.45) is -0.460. The van der Waals surface area contributed by atoms with E-state index in [0.29, 0.717) is 16.5 Å². The molecule has 23 heavy (non-hydrogen) atoms. The molecule has 3 aromatic rings. The Morgan fingerprint density at radius 1 is 1.09 bits per heavy atom. The quantitative estimate of drug-likeness (QED) is 0.719. The van der Waals surface area contributed by atoms with Crippen LogP contribution >= 0.6 is 27.5 Å². The average molecular weight is 392 g/mol. The van der Waals surface area contributed by atoms with Crippen LogP contribution in [-0.2, 0) is 0 Å². The lowest BCUT2D eigenvalue weighted by Crippen LogP contribution is -2.15. The Labute approximate surface area is 146 Å². The summed E-state index contributed by atoms with van der Waals surface area (Å²) in [6.45, 7) is 0. The van der Waals surface area contributed by atoms with Crippen molar-refractivity contribution in [1.82, 2.24) is 10.2 Å². The number of halogens is 2. The lowest BCUT2D eigenvalue weighted by Gasteiger charge is -2.19. The summed E-state index contributed by atoms with van der Waals surface area (Å²) in [4.78, 5) is 11.2. The fourth-order valence-electron chi connectivity index (χ4n) is 2.11. The van der Waals surface area contributed by atoms with Gasteiger partial charge in [-0.15, -0.1) is 0 Å². The average Bonchev–Trinajstić information content (AvgIpc) is 2.55. The molecule has 6 heteroatoms. The fourth-order valence-corrected chi connectivity index (χ4v) is 2.62. The zero-order chi connectivity index (χ0) is 16.2. The minimum Gasteiger partial charge on any atom is -0.479 e. The number of nitrogens with zero attached hydrogens (tertiary/aromatic N) is 1. The Kier molecular flexibility index (Phi) is 4.79. The molecule has 0 saturated heterocycles. The third kappa shape index (κ3) is 4.00. The van der Waals surface area contributed by atoms with Gasteiger partial charge in [-0.25, -0.2) is 5.10 Å². The van der Waals surface area contributed by atoms with Crippen molar-refractivity contribution in [3.8, 4) is 5.75 Å². The maximum Gasteiger partial charge on any atom is 0.264 e. The highest BCUT2D eigenvalue weighted by molar-refractivity contribution is 9.10. The molecule has 116 valence electrons. The SMILES string of the molecule is O=c1ccc(C(Oc2cccc(Br)c2)c2ccc(Cl)cc2)n[nH]1. The summed E-state index contributed by atoms with van der Waals surface area (Å²) in [5.41, 5.74) is 1.23. The van der Waals surface area contributed by atoms with Gasteiger partial charge >= 0.3 is 0 Å². The number of rotatable bonds is 4. The third-order valence-electron chi connectivity index (χ3n) is 3.19. The molecule has 1 aromatic heterocycles. The summed E-state index contributed by atoms with van der Waals surface area (Å²) >= 11 is 9.38. The van der Waals surface area contributed by atoms with Crippen LogP contribution in [0.3, 0.4) is 0 Å². The lowest BCUT2D eigenvalue weighted by atomic mass is 10.1. The molecular weight excluding hydrogens is 380 g/mol. The molecular formula is C17H12BrClN2O2. The standard InChI is InChI=1S/C17H12BrClN2O2/c18-12-2-1-3-14(10-12)23-17(11-4-6-13(19)7-5-11)15-8-9-16(22)21-20-15/h1-10,17H,(H,21,22). The molecule has 0 spiro atoms. The second-order valence-corrected chi connectivity index (χ2v) is 6.20. The summed E-state index contributed by atoms with van der Waals surface area (Å²) in [7, 11) is 0. The first kappa shape index (κ1) is 15.8. The van der Waals surface area contributed by atoms with Crippen molar-refractivity contribution in [2.75, 3.05) is 0 Å². The molecule has 1 N–H and O–H groups in total. The number of hydrogen-bond donors (Lipinski definition) is 1. The van der Waals surface area contributed by atoms with Gasteiger partial charge < -0.3 is 4.74 Å². The van der Waals surface area contributed by atoms with E-state index < -0.39 is 6.10 Å². The molecule has 0 aliphatic heterocycles. The smallest absolute Gasteiger partial charge is 0.264 e. The maximum absolute atomic E-state index is 11.2. The highest BCUT2D eigenvalue weighted by Crippen LogP contribution is 2.29. The number of nitrogens with one attached hydrogen (secondary N) is 1. The van der Waals surface area contributed by atoms with E-state index in [0.717, 1.165) is 10.0 Å². The number of H-pyrrole nitrogens is 1. The van der Waals surface area contributed by atoms with E-state index in [2.05, 4.69) is 26.1 Å². The highest BCUT2D eigenvalue weighted by atomic mass is 79.9. The fraction of sp³-hybridized carbons (Fsp3) is 0.0588. The molecule has 4 nitrogen and oxygen atoms in total. The van der Waals surface area contributed by atoms with E-state index in [4.69, 9.17) is 16.3 Å². The minimum atomic E-state index is -0.460. The highest BCUT2D eigenvalue weighted by Gasteiger charge is 2.18. The zero-order valence-corrected chi connectivity index (χ0v) is 14.2. The van der Waals surface area contributed by atoms with Crippen LogP contribution in [0.15, 0.2) is 69.9 Å². The Hall–Kier alpha value is -2.11. The van der Waals surface area contributed by atoms with Crippen LogP contribution in [0.5, 0.6) is 5.75 Å². The predicted molar refractivity (Wildman–Crippen MR) is 92.9 cm³/mol. The molecule has 3 rings (SSSR count). The molecule has 0 aliphatic rings. The normalized spacial score (nSPS) is 11.9. The minimum absolute atomic E-state index is 0.258. The van der Waals surface area contributed by atoms with E-state index in [-0.39, 0.29) is 5.56 Å². The van der Waals surface area contributed by atoms with Crippen molar-refractivity contribution in [1.29, 1.82) is 0 Å². The van der Waals surface area contributed by atoms with E-state index in [1.807, 2.05) is 36.4 Å². The molecule has 1 atom stereocenters. The Bertz CT molecular complexity index is 844. The van der Waals surface area contributed by atoms with Gasteiger partial charge in [-0.05, 0) is 42.0 Å². The maximum atomic E-state index is 11.2. The van der Waals surface area contributed by atoms with Crippen molar-refractivity contribution in [3.63, 3.8) is 0 Å². The molecule has 2 aromatic carbocycles. The summed E-state index contributed by atoms with van der Waals surface area (Å²) in [5.74, 6) is 0.687. The number of hydrogen-bond acceptors (Lipinski definition) is 3. The van der Waals surface area contributed by atoms with Crippen molar-refractivity contribution in [3.05, 3.63) is 91.8 Å². The van der Waals surface area contributed by atoms with Crippen LogP contribution in [-0.4, -0.2) is 10.2 Å². The van der Waals surface area contributed by atoms with E-state index >= 15 is 0 Å². The second kappa shape index (κ2) is 6.98. The zero-order valence-electron chi connectivity index (χ0n) is 11.9. The lowest BCUT2D eigenvalue weighted by molar-refractivity contribution is 0.240. The van der Waals surface area contributed by atoms with Crippen LogP contribution in [0.2, 0.25) is 5.02 Å². The van der Waals surface area contributed by atoms with Crippen LogP contribution in [0.25, 0.3) is 0 Å². The van der Waals surface area contributed by atoms with Gasteiger partial charge in [0.05, 0.1) is 0 Å². The number of aromatic nitrogens is 2. The predicted octanol–water partition coefficient (Wildman–Crippen LogP) is 4.35. The summed E-state index contributed by atoms with van der Waals surface area (Å²) in [5, 5.41) is 7.17. The number of aromatic amines is 1. The third-order valence-corrected chi connectivity index (χ3v) is 3.94. The van der Waals surface area contributed by atoms with E-state index in [1.165, 1.54) is 6.07 Å². The van der Waals surface area contributed by atoms with Crippen LogP contribution in [0.1, 0.15) is 17.4 Å².